The number of methoxy groups -OCH3 is 1. The van der Waals surface area contributed by atoms with Crippen molar-refractivity contribution in [1.82, 2.24) is 0 Å². The van der Waals surface area contributed by atoms with Gasteiger partial charge in [0.15, 0.2) is 18.1 Å². The van der Waals surface area contributed by atoms with Crippen LogP contribution in [-0.4, -0.2) is 26.2 Å². The quantitative estimate of drug-likeness (QED) is 0.714. The summed E-state index contributed by atoms with van der Waals surface area (Å²) in [5.74, 6) is -0.805. The van der Waals surface area contributed by atoms with Crippen LogP contribution < -0.4 is 19.5 Å². The van der Waals surface area contributed by atoms with Gasteiger partial charge in [-0.1, -0.05) is 0 Å². The fraction of sp³-hybridized carbons (Fsp3) is 0.235. The third-order valence-corrected chi connectivity index (χ3v) is 3.22. The summed E-state index contributed by atoms with van der Waals surface area (Å²) in [6, 6.07) is 7.67. The molecule has 0 unspecified atom stereocenters. The summed E-state index contributed by atoms with van der Waals surface area (Å²) in [4.78, 5) is 11.9. The van der Waals surface area contributed by atoms with E-state index >= 15 is 0 Å². The number of benzene rings is 2. The van der Waals surface area contributed by atoms with Gasteiger partial charge in [-0.05, 0) is 36.4 Å². The van der Waals surface area contributed by atoms with E-state index in [9.17, 15) is 26.7 Å². The number of halogens is 5. The van der Waals surface area contributed by atoms with Crippen molar-refractivity contribution >= 4 is 11.6 Å². The van der Waals surface area contributed by atoms with Gasteiger partial charge in [0.2, 0.25) is 0 Å². The van der Waals surface area contributed by atoms with Gasteiger partial charge in [-0.2, -0.15) is 22.0 Å². The first kappa shape index (κ1) is 20.3. The summed E-state index contributed by atoms with van der Waals surface area (Å²) in [6.45, 7) is -3.57. The maximum atomic E-state index is 12.5. The normalized spacial score (nSPS) is 11.2. The van der Waals surface area contributed by atoms with Crippen LogP contribution in [0.2, 0.25) is 0 Å². The molecule has 2 aromatic carbocycles. The molecule has 0 aliphatic rings. The van der Waals surface area contributed by atoms with Gasteiger partial charge in [-0.25, -0.2) is 0 Å². The summed E-state index contributed by atoms with van der Waals surface area (Å²) in [7, 11) is 1.27. The zero-order chi connectivity index (χ0) is 20.0. The van der Waals surface area contributed by atoms with Crippen molar-refractivity contribution in [2.45, 2.75) is 12.8 Å². The predicted octanol–water partition coefficient (Wildman–Crippen LogP) is 4.33. The lowest BCUT2D eigenvalue weighted by molar-refractivity contribution is -0.137. The summed E-state index contributed by atoms with van der Waals surface area (Å²) < 4.78 is 76.4. The molecule has 1 amide bonds. The number of carbonyl (C=O) groups is 1. The molecule has 0 atom stereocenters. The Kier molecular flexibility index (Phi) is 6.43. The van der Waals surface area contributed by atoms with Crippen molar-refractivity contribution in [2.75, 3.05) is 19.0 Å². The largest absolute Gasteiger partial charge is 0.493 e. The Bertz CT molecular complexity index is 778. The minimum Gasteiger partial charge on any atom is -0.493 e. The number of hydrogen-bond donors (Lipinski definition) is 1. The zero-order valence-corrected chi connectivity index (χ0v) is 13.8. The van der Waals surface area contributed by atoms with Crippen LogP contribution in [0, 0.1) is 0 Å². The van der Waals surface area contributed by atoms with E-state index in [0.29, 0.717) is 0 Å². The maximum Gasteiger partial charge on any atom is 0.416 e. The van der Waals surface area contributed by atoms with Gasteiger partial charge in [0.25, 0.3) is 5.91 Å². The van der Waals surface area contributed by atoms with Crippen LogP contribution in [0.5, 0.6) is 17.2 Å². The molecule has 0 aromatic heterocycles. The van der Waals surface area contributed by atoms with Gasteiger partial charge in [-0.15, -0.1) is 0 Å². The van der Waals surface area contributed by atoms with Crippen LogP contribution in [0.25, 0.3) is 0 Å². The highest BCUT2D eigenvalue weighted by Gasteiger charge is 2.30. The number of ether oxygens (including phenoxy) is 3. The highest BCUT2D eigenvalue weighted by Crippen LogP contribution is 2.32. The number of carbonyl (C=O) groups excluding carboxylic acids is 1. The summed E-state index contributed by atoms with van der Waals surface area (Å²) in [5.41, 5.74) is -0.698. The zero-order valence-electron chi connectivity index (χ0n) is 13.8. The molecular formula is C17H14F5NO4. The number of alkyl halides is 5. The number of rotatable bonds is 7. The summed E-state index contributed by atoms with van der Waals surface area (Å²) >= 11 is 0. The fourth-order valence-electron chi connectivity index (χ4n) is 2.03. The van der Waals surface area contributed by atoms with E-state index in [1.165, 1.54) is 19.2 Å². The van der Waals surface area contributed by atoms with Gasteiger partial charge >= 0.3 is 12.8 Å². The Morgan fingerprint density at radius 3 is 2.30 bits per heavy atom. The second kappa shape index (κ2) is 8.56. The molecule has 0 aliphatic heterocycles. The van der Waals surface area contributed by atoms with E-state index in [2.05, 4.69) is 10.1 Å². The molecule has 0 heterocycles. The molecular weight excluding hydrogens is 377 g/mol. The molecule has 2 rings (SSSR count). The van der Waals surface area contributed by atoms with E-state index in [4.69, 9.17) is 9.47 Å². The molecule has 0 aliphatic carbocycles. The van der Waals surface area contributed by atoms with E-state index in [1.807, 2.05) is 0 Å². The van der Waals surface area contributed by atoms with Crippen molar-refractivity contribution in [3.63, 3.8) is 0 Å². The van der Waals surface area contributed by atoms with Crippen LogP contribution in [0.4, 0.5) is 27.6 Å². The van der Waals surface area contributed by atoms with Crippen LogP contribution in [-0.2, 0) is 11.0 Å². The van der Waals surface area contributed by atoms with E-state index in [0.717, 1.165) is 30.3 Å². The second-order valence-electron chi connectivity index (χ2n) is 5.10. The third-order valence-electron chi connectivity index (χ3n) is 3.22. The maximum absolute atomic E-state index is 12.5. The van der Waals surface area contributed by atoms with Crippen molar-refractivity contribution in [3.8, 4) is 17.2 Å². The standard InChI is InChI=1S/C17H14F5NO4/c1-25-13-7-4-11(8-14(13)27-16(18)19)23-15(24)9-26-12-5-2-10(3-6-12)17(20,21)22/h2-8,16H,9H2,1H3,(H,23,24). The van der Waals surface area contributed by atoms with Crippen molar-refractivity contribution in [3.05, 3.63) is 48.0 Å². The van der Waals surface area contributed by atoms with Gasteiger partial charge in [0, 0.05) is 11.8 Å². The molecule has 0 bridgehead atoms. The van der Waals surface area contributed by atoms with Crippen LogP contribution >= 0.6 is 0 Å². The van der Waals surface area contributed by atoms with Gasteiger partial charge in [0.05, 0.1) is 12.7 Å². The fourth-order valence-corrected chi connectivity index (χ4v) is 2.03. The molecule has 27 heavy (non-hydrogen) atoms. The van der Waals surface area contributed by atoms with E-state index in [-0.39, 0.29) is 22.9 Å². The molecule has 5 nitrogen and oxygen atoms in total. The van der Waals surface area contributed by atoms with Crippen molar-refractivity contribution in [2.24, 2.45) is 0 Å². The summed E-state index contributed by atoms with van der Waals surface area (Å²) in [5, 5.41) is 2.39. The lowest BCUT2D eigenvalue weighted by Crippen LogP contribution is -2.20. The van der Waals surface area contributed by atoms with Gasteiger partial charge in [0.1, 0.15) is 5.75 Å². The second-order valence-corrected chi connectivity index (χ2v) is 5.10. The Balaban J connectivity index is 1.95. The average Bonchev–Trinajstić information content (AvgIpc) is 2.59. The van der Waals surface area contributed by atoms with Crippen molar-refractivity contribution in [1.29, 1.82) is 0 Å². The average molecular weight is 391 g/mol. The monoisotopic (exact) mass is 391 g/mol. The molecule has 0 radical (unpaired) electrons. The third kappa shape index (κ3) is 6.01. The topological polar surface area (TPSA) is 56.8 Å². The van der Waals surface area contributed by atoms with Crippen LogP contribution in [0.1, 0.15) is 5.56 Å². The minimum absolute atomic E-state index is 0.0503. The molecule has 0 saturated heterocycles. The highest BCUT2D eigenvalue weighted by atomic mass is 19.4. The van der Waals surface area contributed by atoms with E-state index < -0.39 is 30.9 Å². The first-order valence-corrected chi connectivity index (χ1v) is 7.42. The van der Waals surface area contributed by atoms with Crippen molar-refractivity contribution < 1.29 is 41.0 Å². The number of hydrogen-bond acceptors (Lipinski definition) is 4. The Labute approximate surface area is 150 Å². The molecule has 1 N–H and O–H groups in total. The number of anilines is 1. The molecule has 10 heteroatoms. The molecule has 0 spiro atoms. The number of nitrogens with one attached hydrogen (secondary N) is 1. The Morgan fingerprint density at radius 1 is 1.07 bits per heavy atom. The van der Waals surface area contributed by atoms with E-state index in [1.54, 1.807) is 0 Å². The minimum atomic E-state index is -4.47. The lowest BCUT2D eigenvalue weighted by atomic mass is 10.2. The molecule has 146 valence electrons. The molecule has 0 saturated carbocycles. The Hall–Kier alpha value is -3.04. The lowest BCUT2D eigenvalue weighted by Gasteiger charge is -2.13. The summed E-state index contributed by atoms with van der Waals surface area (Å²) in [6.07, 6.45) is -4.47. The Morgan fingerprint density at radius 2 is 1.74 bits per heavy atom. The molecule has 0 fully saturated rings. The number of amides is 1. The predicted molar refractivity (Wildman–Crippen MR) is 85.2 cm³/mol. The first-order valence-electron chi connectivity index (χ1n) is 7.42. The SMILES string of the molecule is COc1ccc(NC(=O)COc2ccc(C(F)(F)F)cc2)cc1OC(F)F. The smallest absolute Gasteiger partial charge is 0.416 e. The van der Waals surface area contributed by atoms with Gasteiger partial charge < -0.3 is 19.5 Å². The molecule has 2 aromatic rings. The van der Waals surface area contributed by atoms with Gasteiger partial charge in [-0.3, -0.25) is 4.79 Å². The van der Waals surface area contributed by atoms with Crippen LogP contribution in [0.3, 0.4) is 0 Å². The van der Waals surface area contributed by atoms with Crippen LogP contribution in [0.15, 0.2) is 42.5 Å². The highest BCUT2D eigenvalue weighted by molar-refractivity contribution is 5.92. The first-order chi connectivity index (χ1) is 12.7.